The molecule has 0 atom stereocenters. The molecule has 0 amide bonds. The lowest BCUT2D eigenvalue weighted by Crippen LogP contribution is -2.56. The molecule has 1 aromatic rings. The highest BCUT2D eigenvalue weighted by atomic mass is 16.5. The van der Waals surface area contributed by atoms with Crippen LogP contribution in [0, 0.1) is 0 Å². The van der Waals surface area contributed by atoms with Gasteiger partial charge in [0, 0.05) is 12.7 Å². The molecule has 1 aliphatic heterocycles. The van der Waals surface area contributed by atoms with Crippen molar-refractivity contribution in [3.63, 3.8) is 0 Å². The lowest BCUT2D eigenvalue weighted by molar-refractivity contribution is -0.101. The van der Waals surface area contributed by atoms with Crippen LogP contribution in [0.15, 0.2) is 12.4 Å². The first-order valence-corrected chi connectivity index (χ1v) is 5.01. The van der Waals surface area contributed by atoms with Gasteiger partial charge in [-0.05, 0) is 11.5 Å². The molecule has 2 rings (SSSR count). The van der Waals surface area contributed by atoms with Gasteiger partial charge < -0.3 is 10.5 Å². The number of aromatic nitrogens is 2. The van der Waals surface area contributed by atoms with E-state index in [1.807, 2.05) is 10.9 Å². The summed E-state index contributed by atoms with van der Waals surface area (Å²) >= 11 is 0. The van der Waals surface area contributed by atoms with E-state index in [2.05, 4.69) is 25.1 Å². The van der Waals surface area contributed by atoms with Crippen LogP contribution in [0.3, 0.4) is 0 Å². The van der Waals surface area contributed by atoms with Crippen LogP contribution in [-0.4, -0.2) is 29.5 Å². The van der Waals surface area contributed by atoms with Gasteiger partial charge in [0.05, 0.1) is 19.4 Å². The summed E-state index contributed by atoms with van der Waals surface area (Å²) in [6.07, 6.45) is 4.00. The quantitative estimate of drug-likeness (QED) is 0.772. The Kier molecular flexibility index (Phi) is 2.33. The van der Waals surface area contributed by atoms with Crippen LogP contribution in [0.1, 0.15) is 25.3 Å². The monoisotopic (exact) mass is 195 g/mol. The molecule has 1 aliphatic rings. The fourth-order valence-electron chi connectivity index (χ4n) is 1.58. The van der Waals surface area contributed by atoms with Crippen molar-refractivity contribution >= 4 is 0 Å². The molecule has 0 aromatic carbocycles. The van der Waals surface area contributed by atoms with E-state index in [-0.39, 0.29) is 5.54 Å². The van der Waals surface area contributed by atoms with Crippen LogP contribution in [-0.2, 0) is 10.3 Å². The minimum absolute atomic E-state index is 0.0762. The Morgan fingerprint density at radius 2 is 2.36 bits per heavy atom. The van der Waals surface area contributed by atoms with Gasteiger partial charge in [0.1, 0.15) is 5.54 Å². The van der Waals surface area contributed by atoms with E-state index in [1.165, 1.54) is 5.56 Å². The summed E-state index contributed by atoms with van der Waals surface area (Å²) in [6, 6.07) is 0. The number of rotatable bonds is 3. The molecule has 0 radical (unpaired) electrons. The zero-order chi connectivity index (χ0) is 10.2. The third-order valence-electron chi connectivity index (χ3n) is 2.88. The zero-order valence-corrected chi connectivity index (χ0v) is 8.73. The van der Waals surface area contributed by atoms with Crippen molar-refractivity contribution < 1.29 is 4.74 Å². The van der Waals surface area contributed by atoms with Gasteiger partial charge in [0.2, 0.25) is 0 Å². The molecule has 1 saturated heterocycles. The Labute approximate surface area is 84.0 Å². The molecule has 78 valence electrons. The van der Waals surface area contributed by atoms with Crippen LogP contribution in [0.25, 0.3) is 0 Å². The van der Waals surface area contributed by atoms with Crippen molar-refractivity contribution in [3.05, 3.63) is 18.0 Å². The van der Waals surface area contributed by atoms with E-state index in [1.54, 1.807) is 0 Å². The van der Waals surface area contributed by atoms with Crippen molar-refractivity contribution in [2.24, 2.45) is 5.73 Å². The van der Waals surface area contributed by atoms with E-state index in [9.17, 15) is 0 Å². The lowest BCUT2D eigenvalue weighted by atomic mass is 9.98. The molecule has 14 heavy (non-hydrogen) atoms. The largest absolute Gasteiger partial charge is 0.376 e. The minimum Gasteiger partial charge on any atom is -0.376 e. The van der Waals surface area contributed by atoms with Crippen molar-refractivity contribution in [1.82, 2.24) is 9.78 Å². The number of hydrogen-bond donors (Lipinski definition) is 1. The van der Waals surface area contributed by atoms with Crippen LogP contribution in [0.2, 0.25) is 0 Å². The van der Waals surface area contributed by atoms with Gasteiger partial charge in [0.25, 0.3) is 0 Å². The van der Waals surface area contributed by atoms with E-state index >= 15 is 0 Å². The normalized spacial score (nSPS) is 19.7. The number of ether oxygens (including phenoxy) is 1. The van der Waals surface area contributed by atoms with Gasteiger partial charge in [-0.25, -0.2) is 0 Å². The standard InChI is InChI=1S/C10H17N3O/c1-8(2)9-3-12-13(4-9)10(5-11)6-14-7-10/h3-4,8H,5-7,11H2,1-2H3. The number of nitrogens with zero attached hydrogens (tertiary/aromatic N) is 2. The summed E-state index contributed by atoms with van der Waals surface area (Å²) < 4.78 is 7.18. The van der Waals surface area contributed by atoms with Gasteiger partial charge >= 0.3 is 0 Å². The molecule has 0 saturated carbocycles. The van der Waals surface area contributed by atoms with E-state index in [0.29, 0.717) is 25.7 Å². The topological polar surface area (TPSA) is 53.1 Å². The average Bonchev–Trinajstić information content (AvgIpc) is 2.52. The highest BCUT2D eigenvalue weighted by Crippen LogP contribution is 2.25. The fraction of sp³-hybridized carbons (Fsp3) is 0.700. The van der Waals surface area contributed by atoms with Gasteiger partial charge in [-0.3, -0.25) is 4.68 Å². The SMILES string of the molecule is CC(C)c1cnn(C2(CN)COC2)c1. The van der Waals surface area contributed by atoms with Gasteiger partial charge in [0.15, 0.2) is 0 Å². The van der Waals surface area contributed by atoms with Crippen molar-refractivity contribution in [3.8, 4) is 0 Å². The highest BCUT2D eigenvalue weighted by Gasteiger charge is 2.40. The van der Waals surface area contributed by atoms with E-state index in [0.717, 1.165) is 0 Å². The second-order valence-electron chi connectivity index (χ2n) is 4.29. The molecule has 0 unspecified atom stereocenters. The van der Waals surface area contributed by atoms with Gasteiger partial charge in [-0.2, -0.15) is 5.10 Å². The Bertz CT molecular complexity index is 309. The Morgan fingerprint density at radius 3 is 2.71 bits per heavy atom. The summed E-state index contributed by atoms with van der Waals surface area (Å²) in [6.45, 7) is 6.28. The Balaban J connectivity index is 2.23. The molecule has 4 nitrogen and oxygen atoms in total. The van der Waals surface area contributed by atoms with Crippen LogP contribution in [0.4, 0.5) is 0 Å². The predicted octanol–water partition coefficient (Wildman–Crippen LogP) is 0.691. The molecule has 2 N–H and O–H groups in total. The first kappa shape index (κ1) is 9.68. The van der Waals surface area contributed by atoms with E-state index < -0.39 is 0 Å². The summed E-state index contributed by atoms with van der Waals surface area (Å²) in [5.41, 5.74) is 6.92. The van der Waals surface area contributed by atoms with Gasteiger partial charge in [-0.1, -0.05) is 13.8 Å². The Hall–Kier alpha value is -0.870. The average molecular weight is 195 g/mol. The lowest BCUT2D eigenvalue weighted by Gasteiger charge is -2.40. The molecule has 0 bridgehead atoms. The maximum absolute atomic E-state index is 5.75. The maximum Gasteiger partial charge on any atom is 0.121 e. The van der Waals surface area contributed by atoms with Crippen molar-refractivity contribution in [2.45, 2.75) is 25.3 Å². The first-order chi connectivity index (χ1) is 6.68. The highest BCUT2D eigenvalue weighted by molar-refractivity contribution is 5.11. The summed E-state index contributed by atoms with van der Waals surface area (Å²) in [4.78, 5) is 0. The zero-order valence-electron chi connectivity index (χ0n) is 8.73. The van der Waals surface area contributed by atoms with Gasteiger partial charge in [-0.15, -0.1) is 0 Å². The number of nitrogens with two attached hydrogens (primary N) is 1. The Morgan fingerprint density at radius 1 is 1.64 bits per heavy atom. The third-order valence-corrected chi connectivity index (χ3v) is 2.88. The third kappa shape index (κ3) is 1.35. The smallest absolute Gasteiger partial charge is 0.121 e. The number of hydrogen-bond acceptors (Lipinski definition) is 3. The molecule has 2 heterocycles. The molecule has 4 heteroatoms. The summed E-state index contributed by atoms with van der Waals surface area (Å²) in [5, 5.41) is 4.36. The van der Waals surface area contributed by atoms with Crippen LogP contribution >= 0.6 is 0 Å². The summed E-state index contributed by atoms with van der Waals surface area (Å²) in [5.74, 6) is 0.513. The molecule has 1 fully saturated rings. The van der Waals surface area contributed by atoms with Crippen LogP contribution < -0.4 is 5.73 Å². The van der Waals surface area contributed by atoms with Crippen molar-refractivity contribution in [1.29, 1.82) is 0 Å². The maximum atomic E-state index is 5.75. The summed E-state index contributed by atoms with van der Waals surface area (Å²) in [7, 11) is 0. The molecule has 0 aliphatic carbocycles. The first-order valence-electron chi connectivity index (χ1n) is 5.01. The predicted molar refractivity (Wildman–Crippen MR) is 54.2 cm³/mol. The van der Waals surface area contributed by atoms with E-state index in [4.69, 9.17) is 10.5 Å². The molecular weight excluding hydrogens is 178 g/mol. The second kappa shape index (κ2) is 3.37. The minimum atomic E-state index is -0.0762. The fourth-order valence-corrected chi connectivity index (χ4v) is 1.58. The second-order valence-corrected chi connectivity index (χ2v) is 4.29. The molecule has 1 aromatic heterocycles. The molecular formula is C10H17N3O. The van der Waals surface area contributed by atoms with Crippen LogP contribution in [0.5, 0.6) is 0 Å². The van der Waals surface area contributed by atoms with Crippen molar-refractivity contribution in [2.75, 3.05) is 19.8 Å². The molecule has 0 spiro atoms.